The number of primary amides is 1. The quantitative estimate of drug-likeness (QED) is 0.173. The van der Waals surface area contributed by atoms with E-state index in [1.165, 1.54) is 12.1 Å². The zero-order valence-electron chi connectivity index (χ0n) is 22.7. The Hall–Kier alpha value is -4.45. The van der Waals surface area contributed by atoms with Crippen molar-refractivity contribution in [3.05, 3.63) is 65.7 Å². The van der Waals surface area contributed by atoms with Crippen molar-refractivity contribution in [3.8, 4) is 5.75 Å². The Balaban J connectivity index is 1.89. The lowest BCUT2D eigenvalue weighted by Crippen LogP contribution is -2.56. The molecule has 0 fully saturated rings. The molecule has 216 valence electrons. The van der Waals surface area contributed by atoms with Crippen LogP contribution in [-0.2, 0) is 32.0 Å². The second kappa shape index (κ2) is 15.8. The summed E-state index contributed by atoms with van der Waals surface area (Å²) in [5.41, 5.74) is 12.9. The summed E-state index contributed by atoms with van der Waals surface area (Å²) in [6.45, 7) is 3.70. The Morgan fingerprint density at radius 1 is 0.825 bits per heavy atom. The van der Waals surface area contributed by atoms with Crippen molar-refractivity contribution in [1.82, 2.24) is 21.3 Å². The fraction of sp³-hybridized carbons (Fsp3) is 0.393. The Kier molecular flexibility index (Phi) is 12.6. The predicted molar refractivity (Wildman–Crippen MR) is 149 cm³/mol. The van der Waals surface area contributed by atoms with Gasteiger partial charge in [0.2, 0.25) is 23.6 Å². The second-order valence-corrected chi connectivity index (χ2v) is 9.88. The summed E-state index contributed by atoms with van der Waals surface area (Å²) in [5.74, 6) is -2.28. The van der Waals surface area contributed by atoms with Crippen molar-refractivity contribution in [1.29, 1.82) is 0 Å². The van der Waals surface area contributed by atoms with Crippen LogP contribution in [0.5, 0.6) is 5.75 Å². The first-order valence-corrected chi connectivity index (χ1v) is 13.0. The van der Waals surface area contributed by atoms with E-state index in [0.717, 1.165) is 11.1 Å². The van der Waals surface area contributed by atoms with E-state index in [1.807, 2.05) is 19.9 Å². The molecule has 9 N–H and O–H groups in total. The van der Waals surface area contributed by atoms with Crippen LogP contribution in [0.2, 0.25) is 0 Å². The molecule has 2 aromatic carbocycles. The lowest BCUT2D eigenvalue weighted by Gasteiger charge is -2.23. The van der Waals surface area contributed by atoms with Crippen molar-refractivity contribution in [2.45, 2.75) is 57.7 Å². The molecule has 2 aromatic rings. The zero-order valence-corrected chi connectivity index (χ0v) is 22.7. The van der Waals surface area contributed by atoms with Gasteiger partial charge in [-0.25, -0.2) is 4.79 Å². The van der Waals surface area contributed by atoms with Gasteiger partial charge in [-0.2, -0.15) is 0 Å². The number of hydrogen-bond acceptors (Lipinski definition) is 7. The maximum Gasteiger partial charge on any atom is 0.322 e. The number of benzene rings is 2. The van der Waals surface area contributed by atoms with Gasteiger partial charge in [-0.1, -0.05) is 56.3 Å². The van der Waals surface area contributed by atoms with E-state index in [2.05, 4.69) is 21.3 Å². The summed E-state index contributed by atoms with van der Waals surface area (Å²) >= 11 is 0. The number of amides is 6. The van der Waals surface area contributed by atoms with Crippen LogP contribution in [0.15, 0.2) is 54.6 Å². The average Bonchev–Trinajstić information content (AvgIpc) is 2.89. The first kappa shape index (κ1) is 31.8. The number of carbonyl (C=O) groups excluding carboxylic acids is 5. The highest BCUT2D eigenvalue weighted by Crippen LogP contribution is 2.11. The zero-order chi connectivity index (χ0) is 29.7. The first-order valence-electron chi connectivity index (χ1n) is 13.0. The third-order valence-corrected chi connectivity index (χ3v) is 5.90. The van der Waals surface area contributed by atoms with E-state index >= 15 is 0 Å². The standard InChI is InChI=1S/C28H38N6O6/c1-17(2)14-22(25(30)37)32-27(39)23(16-18-6-4-3-5-7-18)33-28(40)34-24(36)12-13-31-26(38)21(29)15-19-8-10-20(35)11-9-19/h3-11,17,21-23,35H,12-16,29H2,1-2H3,(H2,30,37)(H,31,38)(H,32,39)(H2,33,34,36,40)/t21-,22-,23-/m0/s1. The maximum absolute atomic E-state index is 13.0. The summed E-state index contributed by atoms with van der Waals surface area (Å²) in [5, 5.41) is 19.1. The number of urea groups is 1. The lowest BCUT2D eigenvalue weighted by atomic mass is 10.0. The van der Waals surface area contributed by atoms with Gasteiger partial charge >= 0.3 is 6.03 Å². The summed E-state index contributed by atoms with van der Waals surface area (Å²) in [4.78, 5) is 61.9. The number of nitrogens with two attached hydrogens (primary N) is 2. The smallest absolute Gasteiger partial charge is 0.322 e. The van der Waals surface area contributed by atoms with Gasteiger partial charge in [-0.05, 0) is 42.0 Å². The summed E-state index contributed by atoms with van der Waals surface area (Å²) < 4.78 is 0. The molecular weight excluding hydrogens is 516 g/mol. The molecule has 0 radical (unpaired) electrons. The Morgan fingerprint density at radius 3 is 2.05 bits per heavy atom. The summed E-state index contributed by atoms with van der Waals surface area (Å²) in [6.07, 6.45) is 0.461. The molecule has 0 bridgehead atoms. The van der Waals surface area contributed by atoms with Gasteiger partial charge in [0, 0.05) is 19.4 Å². The largest absolute Gasteiger partial charge is 0.508 e. The molecule has 0 aliphatic heterocycles. The number of imide groups is 1. The van der Waals surface area contributed by atoms with Gasteiger partial charge in [-0.15, -0.1) is 0 Å². The summed E-state index contributed by atoms with van der Waals surface area (Å²) in [7, 11) is 0. The summed E-state index contributed by atoms with van der Waals surface area (Å²) in [6, 6.07) is 11.4. The normalized spacial score (nSPS) is 13.0. The van der Waals surface area contributed by atoms with E-state index in [-0.39, 0.29) is 37.5 Å². The number of phenols is 1. The van der Waals surface area contributed by atoms with Gasteiger partial charge in [0.1, 0.15) is 17.8 Å². The molecule has 40 heavy (non-hydrogen) atoms. The van der Waals surface area contributed by atoms with Crippen LogP contribution < -0.4 is 32.7 Å². The molecule has 0 saturated carbocycles. The molecule has 0 heterocycles. The Labute approximate surface area is 233 Å². The van der Waals surface area contributed by atoms with E-state index in [4.69, 9.17) is 11.5 Å². The molecule has 0 aromatic heterocycles. The van der Waals surface area contributed by atoms with Crippen molar-refractivity contribution < 1.29 is 29.1 Å². The molecule has 12 nitrogen and oxygen atoms in total. The van der Waals surface area contributed by atoms with Crippen LogP contribution in [-0.4, -0.2) is 59.4 Å². The van der Waals surface area contributed by atoms with E-state index < -0.39 is 47.8 Å². The Morgan fingerprint density at radius 2 is 1.45 bits per heavy atom. The molecule has 0 aliphatic rings. The van der Waals surface area contributed by atoms with E-state index in [0.29, 0.717) is 6.42 Å². The van der Waals surface area contributed by atoms with Gasteiger partial charge in [-0.3, -0.25) is 24.5 Å². The minimum Gasteiger partial charge on any atom is -0.508 e. The van der Waals surface area contributed by atoms with Crippen molar-refractivity contribution in [3.63, 3.8) is 0 Å². The van der Waals surface area contributed by atoms with Gasteiger partial charge in [0.05, 0.1) is 6.04 Å². The first-order chi connectivity index (χ1) is 18.9. The van der Waals surface area contributed by atoms with Gasteiger partial charge in [0.25, 0.3) is 0 Å². The van der Waals surface area contributed by atoms with Crippen LogP contribution in [0.4, 0.5) is 4.79 Å². The number of rotatable bonds is 14. The molecule has 2 rings (SSSR count). The highest BCUT2D eigenvalue weighted by Gasteiger charge is 2.27. The molecule has 0 spiro atoms. The molecule has 0 unspecified atom stereocenters. The second-order valence-electron chi connectivity index (χ2n) is 9.88. The number of phenolic OH excluding ortho intramolecular Hbond substituents is 1. The van der Waals surface area contributed by atoms with Crippen LogP contribution >= 0.6 is 0 Å². The number of aromatic hydroxyl groups is 1. The Bertz CT molecular complexity index is 1160. The monoisotopic (exact) mass is 554 g/mol. The van der Waals surface area contributed by atoms with Crippen molar-refractivity contribution in [2.75, 3.05) is 6.54 Å². The van der Waals surface area contributed by atoms with Crippen LogP contribution in [0.3, 0.4) is 0 Å². The highest BCUT2D eigenvalue weighted by atomic mass is 16.3. The SMILES string of the molecule is CC(C)C[C@H](NC(=O)[C@H](Cc1ccccc1)NC(=O)NC(=O)CCNC(=O)[C@@H](N)Cc1ccc(O)cc1)C(N)=O. The minimum atomic E-state index is -1.10. The fourth-order valence-corrected chi connectivity index (χ4v) is 3.84. The number of carbonyl (C=O) groups is 5. The lowest BCUT2D eigenvalue weighted by molar-refractivity contribution is -0.128. The predicted octanol–water partition coefficient (Wildman–Crippen LogP) is 0.222. The molecule has 3 atom stereocenters. The van der Waals surface area contributed by atoms with E-state index in [9.17, 15) is 29.1 Å². The topological polar surface area (TPSA) is 206 Å². The van der Waals surface area contributed by atoms with Crippen molar-refractivity contribution in [2.24, 2.45) is 17.4 Å². The molecule has 12 heteroatoms. The molecule has 6 amide bonds. The third kappa shape index (κ3) is 11.5. The van der Waals surface area contributed by atoms with Gasteiger partial charge in [0.15, 0.2) is 0 Å². The van der Waals surface area contributed by atoms with Crippen LogP contribution in [0.25, 0.3) is 0 Å². The average molecular weight is 555 g/mol. The maximum atomic E-state index is 13.0. The van der Waals surface area contributed by atoms with Crippen molar-refractivity contribution >= 4 is 29.7 Å². The highest BCUT2D eigenvalue weighted by molar-refractivity contribution is 5.97. The number of nitrogens with one attached hydrogen (secondary N) is 4. The third-order valence-electron chi connectivity index (χ3n) is 5.90. The minimum absolute atomic E-state index is 0.0648. The molecule has 0 aliphatic carbocycles. The van der Waals surface area contributed by atoms with Gasteiger partial charge < -0.3 is 32.5 Å². The van der Waals surface area contributed by atoms with Crippen LogP contribution in [0, 0.1) is 5.92 Å². The van der Waals surface area contributed by atoms with Crippen LogP contribution in [0.1, 0.15) is 37.8 Å². The number of hydrogen-bond donors (Lipinski definition) is 7. The molecule has 0 saturated heterocycles. The fourth-order valence-electron chi connectivity index (χ4n) is 3.84. The molecular formula is C28H38N6O6. The van der Waals surface area contributed by atoms with E-state index in [1.54, 1.807) is 36.4 Å².